The highest BCUT2D eigenvalue weighted by atomic mass is 16.6. The summed E-state index contributed by atoms with van der Waals surface area (Å²) in [6, 6.07) is -0.430. The van der Waals surface area contributed by atoms with E-state index in [0.717, 1.165) is 38.7 Å². The third-order valence-electron chi connectivity index (χ3n) is 14.2. The molecule has 12 atom stereocenters. The number of aliphatic hydroxyl groups is 1. The van der Waals surface area contributed by atoms with E-state index >= 15 is 0 Å². The molecule has 0 aromatic carbocycles. The van der Waals surface area contributed by atoms with Gasteiger partial charge in [-0.05, 0) is 122 Å². The van der Waals surface area contributed by atoms with Gasteiger partial charge in [-0.15, -0.1) is 0 Å². The molecule has 7 amide bonds. The Morgan fingerprint density at radius 1 is 0.743 bits per heavy atom. The summed E-state index contributed by atoms with van der Waals surface area (Å²) in [4.78, 5) is 70.9. The lowest BCUT2D eigenvalue weighted by atomic mass is 9.68. The molecule has 2 saturated carbocycles. The fourth-order valence-corrected chi connectivity index (χ4v) is 10.4. The lowest BCUT2D eigenvalue weighted by Gasteiger charge is -2.42. The summed E-state index contributed by atoms with van der Waals surface area (Å²) in [6.07, 6.45) is 5.90. The van der Waals surface area contributed by atoms with Gasteiger partial charge < -0.3 is 68.6 Å². The van der Waals surface area contributed by atoms with Crippen molar-refractivity contribution in [3.63, 3.8) is 0 Å². The van der Waals surface area contributed by atoms with Crippen molar-refractivity contribution < 1.29 is 76.5 Å². The maximum Gasteiger partial charge on any atom is 0.414 e. The molecule has 0 bridgehead atoms. The summed E-state index contributed by atoms with van der Waals surface area (Å²) < 4.78 is 51.2. The molecule has 74 heavy (non-hydrogen) atoms. The lowest BCUT2D eigenvalue weighted by Crippen LogP contribution is -2.56. The number of rotatable bonds is 17. The number of hydrogen-bond donors (Lipinski definition) is 6. The first-order valence-corrected chi connectivity index (χ1v) is 25.9. The van der Waals surface area contributed by atoms with Gasteiger partial charge in [0, 0.05) is 40.4 Å². The Kier molecular flexibility index (Phi) is 20.2. The molecule has 2 aliphatic carbocycles. The summed E-state index contributed by atoms with van der Waals surface area (Å²) in [5.74, 6) is -0.835. The van der Waals surface area contributed by atoms with Crippen LogP contribution in [0.5, 0.6) is 0 Å². The van der Waals surface area contributed by atoms with E-state index in [2.05, 4.69) is 80.3 Å². The first-order chi connectivity index (χ1) is 34.5. The van der Waals surface area contributed by atoms with E-state index in [-0.39, 0.29) is 85.6 Å². The molecular formula is C52H86N6O16. The number of nitrogens with zero attached hydrogens (tertiary/aromatic N) is 1. The van der Waals surface area contributed by atoms with Gasteiger partial charge in [0.25, 0.3) is 0 Å². The van der Waals surface area contributed by atoms with Gasteiger partial charge in [-0.3, -0.25) is 20.2 Å². The molecule has 7 aliphatic rings. The average Bonchev–Trinajstić information content (AvgIpc) is 4.20. The molecule has 0 radical (unpaired) electrons. The number of ether oxygens (including phenoxy) is 9. The number of amides is 7. The van der Waals surface area contributed by atoms with Crippen LogP contribution in [0.3, 0.4) is 0 Å². The Hall–Kier alpha value is -4.42. The van der Waals surface area contributed by atoms with Crippen molar-refractivity contribution in [2.24, 2.45) is 11.8 Å². The number of nitrogens with one attached hydrogen (secondary N) is 5. The van der Waals surface area contributed by atoms with Crippen LogP contribution in [0.4, 0.5) is 19.2 Å². The van der Waals surface area contributed by atoms with Gasteiger partial charge in [-0.25, -0.2) is 19.2 Å². The van der Waals surface area contributed by atoms with Crippen molar-refractivity contribution in [2.45, 2.75) is 192 Å². The minimum absolute atomic E-state index is 0.0365. The topological polar surface area (TPSA) is 282 Å². The van der Waals surface area contributed by atoms with E-state index in [1.807, 2.05) is 0 Å². The zero-order valence-electron chi connectivity index (χ0n) is 46.2. The molecular weight excluding hydrogens is 965 g/mol. The van der Waals surface area contributed by atoms with Crippen LogP contribution in [0.2, 0.25) is 0 Å². The number of aliphatic hydroxyl groups excluding tert-OH is 1. The van der Waals surface area contributed by atoms with Gasteiger partial charge >= 0.3 is 24.3 Å². The third-order valence-corrected chi connectivity index (χ3v) is 14.2. The number of methoxy groups -OCH3 is 2. The second-order valence-electron chi connectivity index (χ2n) is 23.1. The largest absolute Gasteiger partial charge is 0.444 e. The molecule has 22 heteroatoms. The summed E-state index contributed by atoms with van der Waals surface area (Å²) in [5, 5.41) is 22.6. The zero-order valence-corrected chi connectivity index (χ0v) is 46.2. The van der Waals surface area contributed by atoms with E-state index in [4.69, 9.17) is 42.6 Å². The van der Waals surface area contributed by atoms with Crippen molar-refractivity contribution in [1.82, 2.24) is 31.5 Å². The number of hydrogen-bond acceptors (Lipinski definition) is 17. The normalized spacial score (nSPS) is 33.3. The molecule has 6 unspecified atom stereocenters. The van der Waals surface area contributed by atoms with Crippen LogP contribution >= 0.6 is 0 Å². The van der Waals surface area contributed by atoms with Crippen molar-refractivity contribution in [1.29, 1.82) is 0 Å². The van der Waals surface area contributed by atoms with Crippen LogP contribution in [-0.2, 0) is 52.2 Å². The molecule has 5 aliphatic heterocycles. The molecule has 7 rings (SSSR count). The first-order valence-electron chi connectivity index (χ1n) is 25.9. The van der Waals surface area contributed by atoms with E-state index < -0.39 is 65.3 Å². The number of carbonyl (C=O) groups excluding carboxylic acids is 6. The summed E-state index contributed by atoms with van der Waals surface area (Å²) in [6.45, 7) is 25.6. The van der Waals surface area contributed by atoms with Crippen molar-refractivity contribution in [2.75, 3.05) is 66.7 Å². The number of allylic oxidation sites excluding steroid dienone is 2. The molecule has 5 saturated heterocycles. The molecule has 420 valence electrons. The second-order valence-corrected chi connectivity index (χ2v) is 23.1. The smallest absolute Gasteiger partial charge is 0.414 e. The van der Waals surface area contributed by atoms with Crippen LogP contribution in [0.25, 0.3) is 0 Å². The second kappa shape index (κ2) is 24.7. The average molecular weight is 1050 g/mol. The molecule has 5 heterocycles. The zero-order chi connectivity index (χ0) is 55.0. The Labute approximate surface area is 436 Å². The highest BCUT2D eigenvalue weighted by Crippen LogP contribution is 2.61. The van der Waals surface area contributed by atoms with Gasteiger partial charge in [-0.1, -0.05) is 23.3 Å². The Morgan fingerprint density at radius 3 is 1.68 bits per heavy atom. The van der Waals surface area contributed by atoms with Gasteiger partial charge in [0.05, 0.1) is 61.6 Å². The quantitative estimate of drug-likeness (QED) is 0.0383. The number of alkyl carbamates (subject to hydrolysis) is 3. The summed E-state index contributed by atoms with van der Waals surface area (Å²) in [5.41, 5.74) is 0.309. The fourth-order valence-electron chi connectivity index (χ4n) is 10.4. The SMILES string of the molecule is CC(C)(C)OC(=O)NCCN1CC(=O)NC1=O.COC1C(O)CC[C@]2(CO2)C1[C@]1(C)O[C@@H]1CC=C(C)C.COC1C(OC(=O)NC(=O)CNCCNC(=O)OC(C)(C)C)CC[C@]2(CO2)C1[C@]1(C)O[C@@H]1CC=C(C)C. The summed E-state index contributed by atoms with van der Waals surface area (Å²) >= 11 is 0. The van der Waals surface area contributed by atoms with Crippen molar-refractivity contribution in [3.05, 3.63) is 23.3 Å². The molecule has 0 aromatic heterocycles. The van der Waals surface area contributed by atoms with Gasteiger partial charge in [0.1, 0.15) is 46.8 Å². The molecule has 0 aromatic rings. The Bertz CT molecular complexity index is 2060. The minimum atomic E-state index is -0.819. The Morgan fingerprint density at radius 2 is 1.23 bits per heavy atom. The van der Waals surface area contributed by atoms with E-state index in [0.29, 0.717) is 19.6 Å². The molecule has 2 spiro atoms. The number of imide groups is 2. The van der Waals surface area contributed by atoms with Crippen molar-refractivity contribution in [3.8, 4) is 0 Å². The van der Waals surface area contributed by atoms with E-state index in [1.165, 1.54) is 16.0 Å². The fraction of sp³-hybridized carbons (Fsp3) is 0.808. The third kappa shape index (κ3) is 16.8. The van der Waals surface area contributed by atoms with Crippen LogP contribution < -0.4 is 26.6 Å². The van der Waals surface area contributed by atoms with Crippen LogP contribution in [-0.4, -0.2) is 183 Å². The standard InChI is InChI=1S/C26H43N3O8.C16H26O4.C10H17N3O4/c1-16(2)8-9-18-25(6,36-18)21-20(33-7)17(10-11-26(21)15-34-26)35-23(32)29-19(30)14-27-12-13-28-22(31)37-24(3,4)5;1-10(2)5-6-12-15(3,20-12)14-13(18-4)11(17)7-8-16(14)9-19-16;1-10(2,3)17-9(16)11-4-5-13-6-7(14)12-8(13)15/h8,17-18,20-21,27H,9-15H2,1-7H3,(H,28,31)(H,29,30,32);5,11-14,17H,6-9H2,1-4H3;4-6H2,1-3H3,(H,11,16)(H,12,14,15)/t17?,18-,20?,21?,25-,26+;11?,12-,13?,14?,15-,16+;/m11./s1. The first kappa shape index (κ1) is 60.4. The predicted octanol–water partition coefficient (Wildman–Crippen LogP) is 4.55. The van der Waals surface area contributed by atoms with E-state index in [9.17, 15) is 33.9 Å². The Balaban J connectivity index is 0.000000229. The summed E-state index contributed by atoms with van der Waals surface area (Å²) in [7, 11) is 3.28. The van der Waals surface area contributed by atoms with Crippen LogP contribution in [0.1, 0.15) is 122 Å². The van der Waals surface area contributed by atoms with Gasteiger partial charge in [0.2, 0.25) is 11.8 Å². The lowest BCUT2D eigenvalue weighted by molar-refractivity contribution is -0.125. The monoisotopic (exact) mass is 1050 g/mol. The predicted molar refractivity (Wildman–Crippen MR) is 270 cm³/mol. The van der Waals surface area contributed by atoms with Gasteiger partial charge in [-0.2, -0.15) is 0 Å². The minimum Gasteiger partial charge on any atom is -0.444 e. The maximum atomic E-state index is 12.5. The number of epoxide rings is 4. The van der Waals surface area contributed by atoms with E-state index in [1.54, 1.807) is 55.8 Å². The highest BCUT2D eigenvalue weighted by Gasteiger charge is 2.73. The number of carbonyl (C=O) groups is 6. The molecule has 7 fully saturated rings. The maximum absolute atomic E-state index is 12.5. The number of urea groups is 1. The van der Waals surface area contributed by atoms with Crippen LogP contribution in [0, 0.1) is 11.8 Å². The van der Waals surface area contributed by atoms with Crippen LogP contribution in [0.15, 0.2) is 23.3 Å². The molecule has 6 N–H and O–H groups in total. The highest BCUT2D eigenvalue weighted by molar-refractivity contribution is 6.01. The van der Waals surface area contributed by atoms with Crippen molar-refractivity contribution >= 4 is 36.1 Å². The molecule has 22 nitrogen and oxygen atoms in total. The van der Waals surface area contributed by atoms with Gasteiger partial charge in [0.15, 0.2) is 0 Å².